The smallest absolute Gasteiger partial charge is 0.130 e. The molecular weight excluding hydrogens is 248 g/mol. The highest BCUT2D eigenvalue weighted by molar-refractivity contribution is 5.22. The number of rotatable bonds is 4. The molecule has 1 heterocycles. The van der Waals surface area contributed by atoms with Crippen molar-refractivity contribution in [1.29, 1.82) is 0 Å². The van der Waals surface area contributed by atoms with E-state index in [1.165, 1.54) is 12.1 Å². The van der Waals surface area contributed by atoms with Crippen LogP contribution in [0.15, 0.2) is 24.4 Å². The van der Waals surface area contributed by atoms with Gasteiger partial charge in [-0.15, -0.1) is 0 Å². The Morgan fingerprint density at radius 3 is 2.68 bits per heavy atom. The quantitative estimate of drug-likeness (QED) is 0.921. The molecule has 19 heavy (non-hydrogen) atoms. The summed E-state index contributed by atoms with van der Waals surface area (Å²) in [4.78, 5) is 0. The van der Waals surface area contributed by atoms with Crippen LogP contribution in [0.3, 0.4) is 0 Å². The lowest BCUT2D eigenvalue weighted by Crippen LogP contribution is -2.19. The Kier molecular flexibility index (Phi) is 3.95. The summed E-state index contributed by atoms with van der Waals surface area (Å²) in [6, 6.07) is 3.45. The second-order valence-electron chi connectivity index (χ2n) is 4.65. The molecule has 1 N–H and O–H groups in total. The molecule has 3 nitrogen and oxygen atoms in total. The van der Waals surface area contributed by atoms with Gasteiger partial charge in [-0.2, -0.15) is 5.10 Å². The minimum atomic E-state index is -0.559. The van der Waals surface area contributed by atoms with Gasteiger partial charge >= 0.3 is 0 Å². The van der Waals surface area contributed by atoms with Crippen LogP contribution in [0.4, 0.5) is 8.78 Å². The number of nitrogens with zero attached hydrogens (tertiary/aromatic N) is 2. The van der Waals surface area contributed by atoms with E-state index >= 15 is 0 Å². The van der Waals surface area contributed by atoms with Gasteiger partial charge in [-0.05, 0) is 19.9 Å². The first-order chi connectivity index (χ1) is 8.99. The van der Waals surface area contributed by atoms with Crippen LogP contribution in [0.2, 0.25) is 0 Å². The molecule has 0 aliphatic rings. The van der Waals surface area contributed by atoms with Crippen LogP contribution in [0.25, 0.3) is 0 Å². The Bertz CT molecular complexity index is 578. The maximum atomic E-state index is 13.6. The Morgan fingerprint density at radius 1 is 1.37 bits per heavy atom. The molecular formula is C14H17F2N3. The van der Waals surface area contributed by atoms with E-state index in [1.54, 1.807) is 10.9 Å². The second-order valence-corrected chi connectivity index (χ2v) is 4.65. The molecule has 0 aliphatic heterocycles. The van der Waals surface area contributed by atoms with Crippen molar-refractivity contribution in [3.05, 3.63) is 52.9 Å². The largest absolute Gasteiger partial charge is 0.306 e. The molecule has 5 heteroatoms. The fourth-order valence-electron chi connectivity index (χ4n) is 1.94. The zero-order valence-electron chi connectivity index (χ0n) is 11.2. The van der Waals surface area contributed by atoms with Gasteiger partial charge in [0, 0.05) is 42.5 Å². The minimum Gasteiger partial charge on any atom is -0.306 e. The lowest BCUT2D eigenvalue weighted by atomic mass is 10.1. The molecule has 0 saturated heterocycles. The number of hydrogen-bond acceptors (Lipinski definition) is 2. The molecule has 2 aromatic rings. The van der Waals surface area contributed by atoms with E-state index in [-0.39, 0.29) is 6.04 Å². The third-order valence-corrected chi connectivity index (χ3v) is 3.36. The molecule has 1 atom stereocenters. The Hall–Kier alpha value is -1.75. The molecule has 0 saturated carbocycles. The average Bonchev–Trinajstić information content (AvgIpc) is 2.67. The van der Waals surface area contributed by atoms with Gasteiger partial charge in [0.25, 0.3) is 0 Å². The normalized spacial score (nSPS) is 12.7. The molecule has 2 rings (SSSR count). The fraction of sp³-hybridized carbons (Fsp3) is 0.357. The SMILES string of the molecule is Cc1c(CNC(C)c2ccc(F)cc2F)cnn1C. The van der Waals surface area contributed by atoms with E-state index in [0.717, 1.165) is 17.3 Å². The van der Waals surface area contributed by atoms with Gasteiger partial charge < -0.3 is 5.32 Å². The van der Waals surface area contributed by atoms with Gasteiger partial charge in [0.15, 0.2) is 0 Å². The number of halogens is 2. The van der Waals surface area contributed by atoms with Crippen molar-refractivity contribution < 1.29 is 8.78 Å². The number of benzene rings is 1. The Balaban J connectivity index is 2.05. The molecule has 0 amide bonds. The monoisotopic (exact) mass is 265 g/mol. The van der Waals surface area contributed by atoms with Crippen LogP contribution in [-0.4, -0.2) is 9.78 Å². The van der Waals surface area contributed by atoms with Crippen molar-refractivity contribution in [3.63, 3.8) is 0 Å². The first kappa shape index (κ1) is 13.7. The topological polar surface area (TPSA) is 29.9 Å². The van der Waals surface area contributed by atoms with Crippen molar-refractivity contribution in [2.45, 2.75) is 26.4 Å². The predicted molar refractivity (Wildman–Crippen MR) is 69.6 cm³/mol. The summed E-state index contributed by atoms with van der Waals surface area (Å²) in [6.07, 6.45) is 1.79. The molecule has 0 spiro atoms. The molecule has 0 aliphatic carbocycles. The third-order valence-electron chi connectivity index (χ3n) is 3.36. The molecule has 102 valence electrons. The maximum absolute atomic E-state index is 13.6. The molecule has 1 aromatic carbocycles. The lowest BCUT2D eigenvalue weighted by Gasteiger charge is -2.15. The number of aromatic nitrogens is 2. The number of hydrogen-bond donors (Lipinski definition) is 1. The summed E-state index contributed by atoms with van der Waals surface area (Å²) < 4.78 is 28.3. The van der Waals surface area contributed by atoms with E-state index < -0.39 is 11.6 Å². The minimum absolute atomic E-state index is 0.194. The predicted octanol–water partition coefficient (Wildman–Crippen LogP) is 2.86. The van der Waals surface area contributed by atoms with Gasteiger partial charge in [-0.1, -0.05) is 6.07 Å². The maximum Gasteiger partial charge on any atom is 0.130 e. The van der Waals surface area contributed by atoms with Crippen LogP contribution in [0, 0.1) is 18.6 Å². The highest BCUT2D eigenvalue weighted by atomic mass is 19.1. The first-order valence-electron chi connectivity index (χ1n) is 6.15. The van der Waals surface area contributed by atoms with Crippen LogP contribution < -0.4 is 5.32 Å². The van der Waals surface area contributed by atoms with Crippen LogP contribution >= 0.6 is 0 Å². The molecule has 0 radical (unpaired) electrons. The van der Waals surface area contributed by atoms with Crippen molar-refractivity contribution in [2.24, 2.45) is 7.05 Å². The zero-order valence-corrected chi connectivity index (χ0v) is 11.2. The highest BCUT2D eigenvalue weighted by Gasteiger charge is 2.12. The Morgan fingerprint density at radius 2 is 2.11 bits per heavy atom. The van der Waals surface area contributed by atoms with Crippen molar-refractivity contribution in [3.8, 4) is 0 Å². The third kappa shape index (κ3) is 2.98. The van der Waals surface area contributed by atoms with E-state index in [0.29, 0.717) is 12.1 Å². The van der Waals surface area contributed by atoms with Crippen molar-refractivity contribution >= 4 is 0 Å². The summed E-state index contributed by atoms with van der Waals surface area (Å²) in [5.41, 5.74) is 2.60. The van der Waals surface area contributed by atoms with E-state index in [2.05, 4.69) is 10.4 Å². The summed E-state index contributed by atoms with van der Waals surface area (Å²) in [6.45, 7) is 4.42. The molecule has 0 fully saturated rings. The van der Waals surface area contributed by atoms with E-state index in [9.17, 15) is 8.78 Å². The zero-order chi connectivity index (χ0) is 14.0. The fourth-order valence-corrected chi connectivity index (χ4v) is 1.94. The molecule has 1 aromatic heterocycles. The first-order valence-corrected chi connectivity index (χ1v) is 6.15. The summed E-state index contributed by atoms with van der Waals surface area (Å²) >= 11 is 0. The van der Waals surface area contributed by atoms with Gasteiger partial charge in [-0.25, -0.2) is 8.78 Å². The number of nitrogens with one attached hydrogen (secondary N) is 1. The Labute approximate surface area is 111 Å². The molecule has 0 bridgehead atoms. The lowest BCUT2D eigenvalue weighted by molar-refractivity contribution is 0.517. The van der Waals surface area contributed by atoms with Crippen molar-refractivity contribution in [1.82, 2.24) is 15.1 Å². The average molecular weight is 265 g/mol. The number of aryl methyl sites for hydroxylation is 1. The van der Waals surface area contributed by atoms with Gasteiger partial charge in [-0.3, -0.25) is 4.68 Å². The highest BCUT2D eigenvalue weighted by Crippen LogP contribution is 2.18. The van der Waals surface area contributed by atoms with Crippen LogP contribution in [0.1, 0.15) is 29.8 Å². The van der Waals surface area contributed by atoms with Crippen molar-refractivity contribution in [2.75, 3.05) is 0 Å². The summed E-state index contributed by atoms with van der Waals surface area (Å²) in [5.74, 6) is -1.08. The van der Waals surface area contributed by atoms with Gasteiger partial charge in [0.05, 0.1) is 6.20 Å². The van der Waals surface area contributed by atoms with Gasteiger partial charge in [0.1, 0.15) is 11.6 Å². The molecule has 1 unspecified atom stereocenters. The van der Waals surface area contributed by atoms with Gasteiger partial charge in [0.2, 0.25) is 0 Å². The second kappa shape index (κ2) is 5.48. The van der Waals surface area contributed by atoms with Crippen LogP contribution in [0.5, 0.6) is 0 Å². The van der Waals surface area contributed by atoms with Crippen LogP contribution in [-0.2, 0) is 13.6 Å². The summed E-state index contributed by atoms with van der Waals surface area (Å²) in [7, 11) is 1.88. The summed E-state index contributed by atoms with van der Waals surface area (Å²) in [5, 5.41) is 7.36. The van der Waals surface area contributed by atoms with E-state index in [1.807, 2.05) is 20.9 Å². The van der Waals surface area contributed by atoms with E-state index in [4.69, 9.17) is 0 Å². The standard InChI is InChI=1S/C14H17F2N3/c1-9(13-5-4-12(15)6-14(13)16)17-7-11-8-18-19(3)10(11)2/h4-6,8-9,17H,7H2,1-3H3.